The van der Waals surface area contributed by atoms with Crippen LogP contribution in [0.1, 0.15) is 42.6 Å². The molecule has 0 aliphatic rings. The van der Waals surface area contributed by atoms with Crippen LogP contribution in [0, 0.1) is 0 Å². The Morgan fingerprint density at radius 3 is 2.32 bits per heavy atom. The van der Waals surface area contributed by atoms with E-state index in [9.17, 15) is 9.59 Å². The molecule has 4 nitrogen and oxygen atoms in total. The number of nitrogens with one attached hydrogen (secondary N) is 1. The lowest BCUT2D eigenvalue weighted by molar-refractivity contribution is -0.123. The Labute approximate surface area is 153 Å². The van der Waals surface area contributed by atoms with Gasteiger partial charge in [-0.1, -0.05) is 44.2 Å². The van der Waals surface area contributed by atoms with Crippen LogP contribution in [0.3, 0.4) is 0 Å². The summed E-state index contributed by atoms with van der Waals surface area (Å²) in [6, 6.07) is 14.8. The molecule has 2 aromatic rings. The molecule has 0 saturated heterocycles. The van der Waals surface area contributed by atoms with E-state index in [2.05, 4.69) is 19.2 Å². The highest BCUT2D eigenvalue weighted by Crippen LogP contribution is 2.24. The molecule has 0 bridgehead atoms. The Hall–Kier alpha value is -2.27. The van der Waals surface area contributed by atoms with Crippen molar-refractivity contribution in [2.24, 2.45) is 0 Å². The number of thioether (sulfide) groups is 1. The van der Waals surface area contributed by atoms with E-state index < -0.39 is 12.1 Å². The van der Waals surface area contributed by atoms with Crippen LogP contribution in [0.25, 0.3) is 0 Å². The number of ether oxygens (including phenoxy) is 1. The minimum atomic E-state index is -0.886. The zero-order valence-electron chi connectivity index (χ0n) is 14.9. The number of hydrogen-bond acceptors (Lipinski definition) is 4. The van der Waals surface area contributed by atoms with Gasteiger partial charge in [0.05, 0.1) is 5.56 Å². The maximum absolute atomic E-state index is 12.4. The number of hydrogen-bond donors (Lipinski definition) is 1. The third kappa shape index (κ3) is 4.86. The fourth-order valence-electron chi connectivity index (χ4n) is 2.44. The predicted octanol–water partition coefficient (Wildman–Crippen LogP) is 4.72. The van der Waals surface area contributed by atoms with Gasteiger partial charge in [-0.15, -0.1) is 11.8 Å². The number of rotatable bonds is 6. The lowest BCUT2D eigenvalue weighted by atomic mass is 10.0. The van der Waals surface area contributed by atoms with Crippen molar-refractivity contribution in [3.05, 3.63) is 59.7 Å². The number of benzene rings is 2. The third-order valence-electron chi connectivity index (χ3n) is 3.82. The van der Waals surface area contributed by atoms with Gasteiger partial charge in [0.2, 0.25) is 0 Å². The van der Waals surface area contributed by atoms with Crippen molar-refractivity contribution in [3.8, 4) is 0 Å². The van der Waals surface area contributed by atoms with Gasteiger partial charge in [0.25, 0.3) is 5.91 Å². The Morgan fingerprint density at radius 1 is 1.00 bits per heavy atom. The molecule has 2 rings (SSSR count). The Morgan fingerprint density at radius 2 is 1.64 bits per heavy atom. The monoisotopic (exact) mass is 357 g/mol. The third-order valence-corrected chi connectivity index (χ3v) is 4.62. The van der Waals surface area contributed by atoms with Crippen molar-refractivity contribution < 1.29 is 14.3 Å². The molecule has 0 heterocycles. The summed E-state index contributed by atoms with van der Waals surface area (Å²) in [7, 11) is 0. The van der Waals surface area contributed by atoms with Gasteiger partial charge in [0.1, 0.15) is 0 Å². The lowest BCUT2D eigenvalue weighted by Gasteiger charge is -2.17. The molecule has 0 fully saturated rings. The van der Waals surface area contributed by atoms with E-state index in [1.165, 1.54) is 11.8 Å². The molecule has 132 valence electrons. The van der Waals surface area contributed by atoms with Crippen LogP contribution in [0.2, 0.25) is 0 Å². The van der Waals surface area contributed by atoms with Crippen molar-refractivity contribution in [1.82, 2.24) is 0 Å². The molecule has 0 aromatic heterocycles. The molecule has 5 heteroatoms. The highest BCUT2D eigenvalue weighted by Gasteiger charge is 2.21. The minimum Gasteiger partial charge on any atom is -0.449 e. The van der Waals surface area contributed by atoms with Crippen molar-refractivity contribution in [1.29, 1.82) is 0 Å². The summed E-state index contributed by atoms with van der Waals surface area (Å²) in [5.41, 5.74) is 2.26. The number of amides is 1. The van der Waals surface area contributed by atoms with E-state index in [1.807, 2.05) is 42.7 Å². The molecule has 25 heavy (non-hydrogen) atoms. The van der Waals surface area contributed by atoms with E-state index in [-0.39, 0.29) is 11.8 Å². The van der Waals surface area contributed by atoms with E-state index in [1.54, 1.807) is 19.1 Å². The zero-order chi connectivity index (χ0) is 18.4. The molecule has 0 unspecified atom stereocenters. The predicted molar refractivity (Wildman–Crippen MR) is 102 cm³/mol. The van der Waals surface area contributed by atoms with Gasteiger partial charge in [-0.05, 0) is 42.9 Å². The van der Waals surface area contributed by atoms with Crippen molar-refractivity contribution in [2.45, 2.75) is 37.7 Å². The number of carbonyl (C=O) groups excluding carboxylic acids is 2. The van der Waals surface area contributed by atoms with Gasteiger partial charge in [-0.25, -0.2) is 4.79 Å². The average molecular weight is 357 g/mol. The molecule has 1 N–H and O–H groups in total. The van der Waals surface area contributed by atoms with E-state index in [0.717, 1.165) is 16.1 Å². The van der Waals surface area contributed by atoms with Crippen LogP contribution in [0.5, 0.6) is 0 Å². The Balaban J connectivity index is 2.07. The average Bonchev–Trinajstić information content (AvgIpc) is 2.61. The molecular formula is C20H23NO3S. The molecule has 0 aliphatic carbocycles. The van der Waals surface area contributed by atoms with Crippen LogP contribution in [-0.4, -0.2) is 24.2 Å². The Kier molecular flexibility index (Phi) is 6.65. The van der Waals surface area contributed by atoms with Gasteiger partial charge < -0.3 is 10.1 Å². The first kappa shape index (κ1) is 19.1. The van der Waals surface area contributed by atoms with Gasteiger partial charge in [-0.2, -0.15) is 0 Å². The Bertz CT molecular complexity index is 758. The van der Waals surface area contributed by atoms with Crippen LogP contribution >= 0.6 is 11.8 Å². The summed E-state index contributed by atoms with van der Waals surface area (Å²) >= 11 is 1.47. The summed E-state index contributed by atoms with van der Waals surface area (Å²) in [6.45, 7) is 5.70. The SMILES string of the molecule is CSc1ccccc1C(=O)O[C@@H](C)C(=O)Nc1ccccc1C(C)C. The van der Waals surface area contributed by atoms with Crippen molar-refractivity contribution in [2.75, 3.05) is 11.6 Å². The largest absolute Gasteiger partial charge is 0.449 e. The number of para-hydroxylation sites is 1. The fraction of sp³-hybridized carbons (Fsp3) is 0.300. The maximum Gasteiger partial charge on any atom is 0.340 e. The van der Waals surface area contributed by atoms with Crippen LogP contribution in [0.15, 0.2) is 53.4 Å². The first-order chi connectivity index (χ1) is 11.9. The lowest BCUT2D eigenvalue weighted by Crippen LogP contribution is -2.30. The molecule has 0 radical (unpaired) electrons. The molecule has 0 spiro atoms. The molecular weight excluding hydrogens is 334 g/mol. The van der Waals surface area contributed by atoms with Gasteiger partial charge in [0.15, 0.2) is 6.10 Å². The molecule has 0 saturated carbocycles. The topological polar surface area (TPSA) is 55.4 Å². The first-order valence-corrected chi connectivity index (χ1v) is 9.40. The zero-order valence-corrected chi connectivity index (χ0v) is 15.7. The molecule has 1 amide bonds. The van der Waals surface area contributed by atoms with Crippen LogP contribution in [0.4, 0.5) is 5.69 Å². The first-order valence-electron chi connectivity index (χ1n) is 8.17. The number of esters is 1. The highest BCUT2D eigenvalue weighted by molar-refractivity contribution is 7.98. The van der Waals surface area contributed by atoms with Crippen LogP contribution < -0.4 is 5.32 Å². The van der Waals surface area contributed by atoms with Crippen molar-refractivity contribution in [3.63, 3.8) is 0 Å². The summed E-state index contributed by atoms with van der Waals surface area (Å²) in [4.78, 5) is 25.6. The fourth-order valence-corrected chi connectivity index (χ4v) is 3.03. The van der Waals surface area contributed by atoms with Gasteiger partial charge in [-0.3, -0.25) is 4.79 Å². The van der Waals surface area contributed by atoms with Gasteiger partial charge in [0, 0.05) is 10.6 Å². The number of anilines is 1. The van der Waals surface area contributed by atoms with E-state index in [0.29, 0.717) is 5.56 Å². The normalized spacial score (nSPS) is 11.9. The molecule has 0 aliphatic heterocycles. The second kappa shape index (κ2) is 8.72. The minimum absolute atomic E-state index is 0.280. The second-order valence-electron chi connectivity index (χ2n) is 5.98. The summed E-state index contributed by atoms with van der Waals surface area (Å²) in [5.74, 6) is -0.560. The van der Waals surface area contributed by atoms with E-state index >= 15 is 0 Å². The maximum atomic E-state index is 12.4. The van der Waals surface area contributed by atoms with Crippen molar-refractivity contribution >= 4 is 29.3 Å². The standard InChI is InChI=1S/C20H23NO3S/c1-13(2)15-9-5-7-11-17(15)21-19(22)14(3)24-20(23)16-10-6-8-12-18(16)25-4/h5-14H,1-4H3,(H,21,22)/t14-/m0/s1. The summed E-state index contributed by atoms with van der Waals surface area (Å²) in [6.07, 6.45) is 1.01. The van der Waals surface area contributed by atoms with Gasteiger partial charge >= 0.3 is 5.97 Å². The number of carbonyl (C=O) groups is 2. The van der Waals surface area contributed by atoms with E-state index in [4.69, 9.17) is 4.74 Å². The molecule has 2 aromatic carbocycles. The second-order valence-corrected chi connectivity index (χ2v) is 6.83. The summed E-state index contributed by atoms with van der Waals surface area (Å²) < 4.78 is 5.35. The smallest absolute Gasteiger partial charge is 0.340 e. The highest BCUT2D eigenvalue weighted by atomic mass is 32.2. The van der Waals surface area contributed by atoms with Crippen LogP contribution in [-0.2, 0) is 9.53 Å². The quantitative estimate of drug-likeness (QED) is 0.600. The summed E-state index contributed by atoms with van der Waals surface area (Å²) in [5, 5.41) is 2.86. The molecule has 1 atom stereocenters.